The van der Waals surface area contributed by atoms with Gasteiger partial charge in [-0.25, -0.2) is 0 Å². The molecule has 1 unspecified atom stereocenters. The van der Waals surface area contributed by atoms with Crippen molar-refractivity contribution in [3.63, 3.8) is 0 Å². The fraction of sp³-hybridized carbons (Fsp3) is 0.167. The predicted molar refractivity (Wildman–Crippen MR) is 259 cm³/mol. The van der Waals surface area contributed by atoms with Gasteiger partial charge in [0.25, 0.3) is 0 Å². The lowest BCUT2D eigenvalue weighted by molar-refractivity contribution is -0.144. The Morgan fingerprint density at radius 1 is 0.373 bits per heavy atom. The largest absolute Gasteiger partial charge is 0.416 e. The summed E-state index contributed by atoms with van der Waals surface area (Å²) in [6.07, 6.45) is -54.8. The van der Waals surface area contributed by atoms with Crippen LogP contribution in [0.5, 0.6) is 0 Å². The Hall–Kier alpha value is -7.22. The van der Waals surface area contributed by atoms with E-state index >= 15 is 0 Å². The molecule has 0 aliphatic rings. The van der Waals surface area contributed by atoms with Crippen LogP contribution in [0.25, 0.3) is 0 Å². The Labute approximate surface area is 461 Å². The van der Waals surface area contributed by atoms with Crippen molar-refractivity contribution in [1.82, 2.24) is 0 Å². The van der Waals surface area contributed by atoms with E-state index in [2.05, 4.69) is 27.1 Å². The lowest BCUT2D eigenvalue weighted by Crippen LogP contribution is -2.75. The summed E-state index contributed by atoms with van der Waals surface area (Å²) in [5.74, 6) is 2.64. The van der Waals surface area contributed by atoms with Gasteiger partial charge in [-0.3, -0.25) is 4.79 Å². The van der Waals surface area contributed by atoms with Crippen LogP contribution in [0.1, 0.15) is 60.4 Å². The van der Waals surface area contributed by atoms with Crippen LogP contribution in [0.3, 0.4) is 0 Å². The standard InChI is InChI=1S/C32H12BF24.C22H16BrO2S/c34-25(35,36)13-1-14(26(37,38)39)6-21(5-13)33(22-7-15(27(40,41)42)2-16(8-22)28(43,44)45,23-9-17(29(46,47)48)3-18(10-23)30(49,50)51)24-11-19(31(52,53)54)4-20(12-24)32(55,56)57;23-20-13-11-19(12-14-20)22(24)17-26(25,21-9-5-2-6-10-21)16-15-18-7-3-1-4-8-18/h1-12H;1-14H,17H2/q-1;+1. The van der Waals surface area contributed by atoms with Crippen LogP contribution in [0.2, 0.25) is 0 Å². The first-order valence-corrected chi connectivity index (χ1v) is 25.1. The van der Waals surface area contributed by atoms with Gasteiger partial charge < -0.3 is 0 Å². The molecule has 0 radical (unpaired) electrons. The van der Waals surface area contributed by atoms with Gasteiger partial charge in [0.1, 0.15) is 6.15 Å². The smallest absolute Gasteiger partial charge is 0.289 e. The van der Waals surface area contributed by atoms with Gasteiger partial charge in [0.05, 0.1) is 44.5 Å². The number of carbonyl (C=O) groups is 1. The summed E-state index contributed by atoms with van der Waals surface area (Å²) in [5.41, 5.74) is -28.9. The quantitative estimate of drug-likeness (QED) is 0.0500. The first kappa shape index (κ1) is 64.9. The third-order valence-corrected chi connectivity index (χ3v) is 14.9. The molecule has 0 aromatic heterocycles. The maximum atomic E-state index is 14.2. The normalized spacial score (nSPS) is 13.7. The topological polar surface area (TPSA) is 34.1 Å². The SMILES string of the molecule is FC(F)(F)c1cc([B-](c2cc(C(F)(F)F)cc(C(F)(F)F)c2)(c2cc(C(F)(F)F)cc(C(F)(F)F)c2)c2cc(C(F)(F)F)cc(C(F)(F)F)c2)cc(C(F)(F)F)c1.O=C(C[S+](=O)(C#Cc1ccccc1)c1ccccc1)c1ccc(Br)cc1. The Balaban J connectivity index is 0.000000352. The Morgan fingerprint density at radius 2 is 0.627 bits per heavy atom. The number of alkyl halides is 24. The van der Waals surface area contributed by atoms with Crippen LogP contribution in [-0.2, 0) is 63.6 Å². The van der Waals surface area contributed by atoms with Gasteiger partial charge in [-0.2, -0.15) is 127 Å². The molecule has 29 heteroatoms. The highest BCUT2D eigenvalue weighted by Crippen LogP contribution is 2.42. The molecule has 0 bridgehead atoms. The molecule has 0 fully saturated rings. The van der Waals surface area contributed by atoms with Crippen molar-refractivity contribution in [3.8, 4) is 11.2 Å². The number of rotatable bonds is 8. The fourth-order valence-electron chi connectivity index (χ4n) is 8.46. The van der Waals surface area contributed by atoms with Crippen molar-refractivity contribution in [2.24, 2.45) is 0 Å². The van der Waals surface area contributed by atoms with E-state index in [0.29, 0.717) is 10.5 Å². The monoisotopic (exact) mass is 1290 g/mol. The van der Waals surface area contributed by atoms with Crippen LogP contribution in [-0.4, -0.2) is 17.7 Å². The van der Waals surface area contributed by atoms with Gasteiger partial charge in [-0.1, -0.05) is 117 Å². The highest BCUT2D eigenvalue weighted by atomic mass is 79.9. The highest BCUT2D eigenvalue weighted by molar-refractivity contribution is 9.10. The summed E-state index contributed by atoms with van der Waals surface area (Å²) < 4.78 is 355. The molecule has 440 valence electrons. The van der Waals surface area contributed by atoms with E-state index in [1.54, 1.807) is 36.4 Å². The molecule has 0 aliphatic carbocycles. The average molecular weight is 1290 g/mol. The number of ketones is 1. The minimum absolute atomic E-state index is 0.140. The van der Waals surface area contributed by atoms with E-state index in [-0.39, 0.29) is 11.5 Å². The molecule has 2 nitrogen and oxygen atoms in total. The summed E-state index contributed by atoms with van der Waals surface area (Å²) in [6, 6.07) is 16.6. The van der Waals surface area contributed by atoms with Gasteiger partial charge in [-0.05, 0) is 66.6 Å². The Kier molecular flexibility index (Phi) is 18.1. The van der Waals surface area contributed by atoms with Crippen molar-refractivity contribution in [3.05, 3.63) is 218 Å². The van der Waals surface area contributed by atoms with Crippen LogP contribution in [0, 0.1) is 11.2 Å². The minimum Gasteiger partial charge on any atom is -0.289 e. The maximum Gasteiger partial charge on any atom is 0.416 e. The molecule has 0 aliphatic heterocycles. The lowest BCUT2D eigenvalue weighted by atomic mass is 9.12. The molecule has 83 heavy (non-hydrogen) atoms. The molecule has 0 saturated carbocycles. The number of Topliss-reactive ketones (excluding diaryl/α,β-unsaturated/α-hetero) is 1. The Bertz CT molecular complexity index is 3170. The predicted octanol–water partition coefficient (Wildman–Crippen LogP) is 16.4. The molecule has 0 saturated heterocycles. The molecular formula is C54H28BBrF24O2S. The molecule has 1 atom stereocenters. The van der Waals surface area contributed by atoms with E-state index in [0.717, 1.165) is 10.0 Å². The van der Waals surface area contributed by atoms with Crippen molar-refractivity contribution in [1.29, 1.82) is 0 Å². The summed E-state index contributed by atoms with van der Waals surface area (Å²) in [6.45, 7) is 0. The van der Waals surface area contributed by atoms with Gasteiger partial charge in [-0.15, -0.1) is 0 Å². The van der Waals surface area contributed by atoms with E-state index < -0.39 is 205 Å². The maximum absolute atomic E-state index is 14.2. The number of carbonyl (C=O) groups excluding carboxylic acids is 1. The van der Waals surface area contributed by atoms with Crippen molar-refractivity contribution in [2.45, 2.75) is 54.3 Å². The van der Waals surface area contributed by atoms with Gasteiger partial charge >= 0.3 is 49.4 Å². The zero-order valence-electron chi connectivity index (χ0n) is 40.5. The highest BCUT2D eigenvalue weighted by Gasteiger charge is 2.47. The zero-order valence-corrected chi connectivity index (χ0v) is 42.9. The fourth-order valence-corrected chi connectivity index (χ4v) is 10.5. The molecule has 0 heterocycles. The van der Waals surface area contributed by atoms with Gasteiger partial charge in [0.2, 0.25) is 15.7 Å². The molecule has 0 amide bonds. The zero-order chi connectivity index (χ0) is 62.3. The number of halogens is 25. The van der Waals surface area contributed by atoms with Crippen LogP contribution in [0.4, 0.5) is 105 Å². The first-order valence-electron chi connectivity index (χ1n) is 22.6. The van der Waals surface area contributed by atoms with Gasteiger partial charge in [0.15, 0.2) is 15.9 Å². The van der Waals surface area contributed by atoms with Crippen LogP contribution >= 0.6 is 15.9 Å². The van der Waals surface area contributed by atoms with E-state index in [1.807, 2.05) is 48.5 Å². The first-order chi connectivity index (χ1) is 37.8. The average Bonchev–Trinajstić information content (AvgIpc) is 1.68. The summed E-state index contributed by atoms with van der Waals surface area (Å²) in [7, 11) is -2.85. The second-order valence-electron chi connectivity index (χ2n) is 17.9. The van der Waals surface area contributed by atoms with E-state index in [1.165, 1.54) is 0 Å². The summed E-state index contributed by atoms with van der Waals surface area (Å²) >= 11 is 3.35. The van der Waals surface area contributed by atoms with E-state index in [4.69, 9.17) is 0 Å². The van der Waals surface area contributed by atoms with Gasteiger partial charge in [0, 0.05) is 15.6 Å². The van der Waals surface area contributed by atoms with Crippen LogP contribution < -0.4 is 21.9 Å². The summed E-state index contributed by atoms with van der Waals surface area (Å²) in [5, 5.41) is 2.89. The number of hydrogen-bond acceptors (Lipinski definition) is 2. The van der Waals surface area contributed by atoms with E-state index in [9.17, 15) is 114 Å². The number of hydrogen-bond donors (Lipinski definition) is 0. The molecular weight excluding hydrogens is 1260 g/mol. The Morgan fingerprint density at radius 3 is 0.880 bits per heavy atom. The third-order valence-electron chi connectivity index (χ3n) is 12.2. The molecule has 7 rings (SSSR count). The molecule has 0 N–H and O–H groups in total. The van der Waals surface area contributed by atoms with Crippen molar-refractivity contribution < 1.29 is 114 Å². The third kappa shape index (κ3) is 15.5. The number of benzene rings is 7. The van der Waals surface area contributed by atoms with Crippen molar-refractivity contribution >= 4 is 59.6 Å². The molecule has 7 aromatic rings. The second-order valence-corrected chi connectivity index (χ2v) is 21.1. The molecule has 0 spiro atoms. The summed E-state index contributed by atoms with van der Waals surface area (Å²) in [4.78, 5) is 13.3. The molecule has 7 aromatic carbocycles. The van der Waals surface area contributed by atoms with Crippen LogP contribution in [0.15, 0.2) is 167 Å². The lowest BCUT2D eigenvalue weighted by Gasteiger charge is -2.46. The second kappa shape index (κ2) is 23.1. The van der Waals surface area contributed by atoms with Crippen molar-refractivity contribution in [2.75, 3.05) is 5.75 Å². The minimum atomic E-state index is -6.13.